The number of carbonyl (C=O) groups excluding carboxylic acids is 2. The molecule has 22 heavy (non-hydrogen) atoms. The van der Waals surface area contributed by atoms with Gasteiger partial charge in [0.15, 0.2) is 0 Å². The number of rotatable bonds is 5. The number of likely N-dealkylation sites (tertiary alicyclic amines) is 1. The van der Waals surface area contributed by atoms with Gasteiger partial charge in [0, 0.05) is 25.2 Å². The highest BCUT2D eigenvalue weighted by atomic mass is 16.2. The van der Waals surface area contributed by atoms with Crippen LogP contribution in [0.4, 0.5) is 0 Å². The maximum atomic E-state index is 12.6. The van der Waals surface area contributed by atoms with Gasteiger partial charge in [0.1, 0.15) is 0 Å². The second-order valence-electron chi connectivity index (χ2n) is 7.60. The zero-order valence-corrected chi connectivity index (χ0v) is 13.2. The molecule has 0 radical (unpaired) electrons. The minimum Gasteiger partial charge on any atom is -0.353 e. The number of allylic oxidation sites excluding steroid dienone is 1. The van der Waals surface area contributed by atoms with Gasteiger partial charge in [-0.25, -0.2) is 0 Å². The van der Waals surface area contributed by atoms with Crippen molar-refractivity contribution < 1.29 is 9.59 Å². The average Bonchev–Trinajstić information content (AvgIpc) is 3.39. The molecule has 4 aliphatic rings. The largest absolute Gasteiger partial charge is 0.353 e. The van der Waals surface area contributed by atoms with Gasteiger partial charge in [-0.2, -0.15) is 0 Å². The Kier molecular flexibility index (Phi) is 3.71. The molecule has 2 amide bonds. The van der Waals surface area contributed by atoms with Crippen LogP contribution in [0.5, 0.6) is 0 Å². The Morgan fingerprint density at radius 3 is 2.18 bits per heavy atom. The van der Waals surface area contributed by atoms with Gasteiger partial charge in [-0.05, 0) is 63.2 Å². The van der Waals surface area contributed by atoms with Crippen LogP contribution in [0.1, 0.15) is 51.4 Å². The Hall–Kier alpha value is -1.32. The summed E-state index contributed by atoms with van der Waals surface area (Å²) < 4.78 is 0. The van der Waals surface area contributed by atoms with Gasteiger partial charge < -0.3 is 10.2 Å². The maximum Gasteiger partial charge on any atom is 0.246 e. The molecule has 0 unspecified atom stereocenters. The van der Waals surface area contributed by atoms with E-state index in [9.17, 15) is 9.59 Å². The van der Waals surface area contributed by atoms with E-state index < -0.39 is 0 Å². The number of hydrogen-bond donors (Lipinski definition) is 1. The molecular formula is C18H26N2O2. The van der Waals surface area contributed by atoms with Crippen molar-refractivity contribution in [3.05, 3.63) is 11.6 Å². The summed E-state index contributed by atoms with van der Waals surface area (Å²) in [5.74, 6) is 1.69. The SMILES string of the molecule is O=C(NC1CC1)[C@H]1CCCN(C(=O)C=C(C2CC2)C2CC2)C1. The number of amides is 2. The lowest BCUT2D eigenvalue weighted by Crippen LogP contribution is -2.45. The molecule has 4 fully saturated rings. The molecular weight excluding hydrogens is 276 g/mol. The lowest BCUT2D eigenvalue weighted by Gasteiger charge is -2.31. The van der Waals surface area contributed by atoms with Gasteiger partial charge in [-0.1, -0.05) is 5.57 Å². The monoisotopic (exact) mass is 302 g/mol. The third-order valence-electron chi connectivity index (χ3n) is 5.42. The van der Waals surface area contributed by atoms with Crippen LogP contribution < -0.4 is 5.32 Å². The molecule has 0 aromatic rings. The summed E-state index contributed by atoms with van der Waals surface area (Å²) in [5, 5.41) is 3.09. The van der Waals surface area contributed by atoms with Gasteiger partial charge in [0.2, 0.25) is 11.8 Å². The highest BCUT2D eigenvalue weighted by Crippen LogP contribution is 2.48. The van der Waals surface area contributed by atoms with Gasteiger partial charge in [0.25, 0.3) is 0 Å². The molecule has 1 N–H and O–H groups in total. The van der Waals surface area contributed by atoms with Crippen LogP contribution >= 0.6 is 0 Å². The fraction of sp³-hybridized carbons (Fsp3) is 0.778. The molecule has 4 nitrogen and oxygen atoms in total. The molecule has 0 aromatic heterocycles. The van der Waals surface area contributed by atoms with E-state index in [1.54, 1.807) is 0 Å². The summed E-state index contributed by atoms with van der Waals surface area (Å²) in [6.07, 6.45) is 11.1. The molecule has 3 saturated carbocycles. The average molecular weight is 302 g/mol. The van der Waals surface area contributed by atoms with Crippen molar-refractivity contribution in [3.8, 4) is 0 Å². The van der Waals surface area contributed by atoms with Crippen molar-refractivity contribution in [3.63, 3.8) is 0 Å². The Morgan fingerprint density at radius 1 is 0.909 bits per heavy atom. The van der Waals surface area contributed by atoms with E-state index in [2.05, 4.69) is 5.32 Å². The van der Waals surface area contributed by atoms with E-state index in [4.69, 9.17) is 0 Å². The second-order valence-corrected chi connectivity index (χ2v) is 7.60. The van der Waals surface area contributed by atoms with Crippen LogP contribution in [0, 0.1) is 17.8 Å². The molecule has 120 valence electrons. The first-order valence-corrected chi connectivity index (χ1v) is 9.01. The third kappa shape index (κ3) is 3.36. The van der Waals surface area contributed by atoms with E-state index in [1.807, 2.05) is 11.0 Å². The topological polar surface area (TPSA) is 49.4 Å². The maximum absolute atomic E-state index is 12.6. The Morgan fingerprint density at radius 2 is 1.59 bits per heavy atom. The van der Waals surface area contributed by atoms with Gasteiger partial charge in [-0.15, -0.1) is 0 Å². The number of piperidine rings is 1. The lowest BCUT2D eigenvalue weighted by atomic mass is 9.96. The molecule has 1 saturated heterocycles. The normalized spacial score (nSPS) is 28.2. The number of hydrogen-bond acceptors (Lipinski definition) is 2. The van der Waals surface area contributed by atoms with Crippen molar-refractivity contribution in [2.75, 3.05) is 13.1 Å². The van der Waals surface area contributed by atoms with Crippen LogP contribution in [-0.4, -0.2) is 35.8 Å². The predicted molar refractivity (Wildman–Crippen MR) is 84.0 cm³/mol. The lowest BCUT2D eigenvalue weighted by molar-refractivity contribution is -0.132. The van der Waals surface area contributed by atoms with Crippen molar-refractivity contribution in [1.29, 1.82) is 0 Å². The zero-order valence-electron chi connectivity index (χ0n) is 13.2. The van der Waals surface area contributed by atoms with Gasteiger partial charge >= 0.3 is 0 Å². The molecule has 4 heteroatoms. The van der Waals surface area contributed by atoms with Crippen LogP contribution in [0.15, 0.2) is 11.6 Å². The number of nitrogens with zero attached hydrogens (tertiary/aromatic N) is 1. The fourth-order valence-corrected chi connectivity index (χ4v) is 3.57. The smallest absolute Gasteiger partial charge is 0.246 e. The van der Waals surface area contributed by atoms with Gasteiger partial charge in [-0.3, -0.25) is 9.59 Å². The van der Waals surface area contributed by atoms with Crippen molar-refractivity contribution in [2.45, 2.75) is 57.4 Å². The molecule has 0 spiro atoms. The van der Waals surface area contributed by atoms with Crippen LogP contribution in [-0.2, 0) is 9.59 Å². The minimum atomic E-state index is -0.00278. The van der Waals surface area contributed by atoms with Crippen LogP contribution in [0.25, 0.3) is 0 Å². The first-order valence-electron chi connectivity index (χ1n) is 9.01. The summed E-state index contributed by atoms with van der Waals surface area (Å²) in [6.45, 7) is 1.42. The molecule has 0 bridgehead atoms. The fourth-order valence-electron chi connectivity index (χ4n) is 3.57. The summed E-state index contributed by atoms with van der Waals surface area (Å²) >= 11 is 0. The number of nitrogens with one attached hydrogen (secondary N) is 1. The van der Waals surface area contributed by atoms with E-state index in [0.717, 1.165) is 32.2 Å². The Labute approximate surface area is 132 Å². The van der Waals surface area contributed by atoms with Crippen LogP contribution in [0.3, 0.4) is 0 Å². The first kappa shape index (κ1) is 14.3. The zero-order chi connectivity index (χ0) is 15.1. The Balaban J connectivity index is 1.37. The van der Waals surface area contributed by atoms with E-state index in [-0.39, 0.29) is 17.7 Å². The van der Waals surface area contributed by atoms with Crippen LogP contribution in [0.2, 0.25) is 0 Å². The molecule has 1 heterocycles. The highest BCUT2D eigenvalue weighted by molar-refractivity contribution is 5.89. The standard InChI is InChI=1S/C18H26N2O2/c21-17(10-16(12-3-4-12)13-5-6-13)20-9-1-2-14(11-20)18(22)19-15-7-8-15/h10,12-15H,1-9,11H2,(H,19,22)/t14-/m0/s1. The summed E-state index contributed by atoms with van der Waals surface area (Å²) in [4.78, 5) is 26.7. The van der Waals surface area contributed by atoms with E-state index in [0.29, 0.717) is 24.4 Å². The summed E-state index contributed by atoms with van der Waals surface area (Å²) in [5.41, 5.74) is 1.41. The van der Waals surface area contributed by atoms with E-state index >= 15 is 0 Å². The van der Waals surface area contributed by atoms with Gasteiger partial charge in [0.05, 0.1) is 5.92 Å². The molecule has 1 aliphatic heterocycles. The number of carbonyl (C=O) groups is 2. The highest BCUT2D eigenvalue weighted by Gasteiger charge is 2.37. The first-order chi connectivity index (χ1) is 10.7. The Bertz CT molecular complexity index is 487. The molecule has 3 aliphatic carbocycles. The van der Waals surface area contributed by atoms with Crippen molar-refractivity contribution in [1.82, 2.24) is 10.2 Å². The van der Waals surface area contributed by atoms with E-state index in [1.165, 1.54) is 31.3 Å². The molecule has 4 rings (SSSR count). The van der Waals surface area contributed by atoms with Crippen molar-refractivity contribution >= 4 is 11.8 Å². The summed E-state index contributed by atoms with van der Waals surface area (Å²) in [6, 6.07) is 0.412. The van der Waals surface area contributed by atoms with Crippen molar-refractivity contribution in [2.24, 2.45) is 17.8 Å². The second kappa shape index (κ2) is 5.71. The minimum absolute atomic E-state index is 0.00278. The third-order valence-corrected chi connectivity index (χ3v) is 5.42. The molecule has 1 atom stereocenters. The summed E-state index contributed by atoms with van der Waals surface area (Å²) in [7, 11) is 0. The predicted octanol–water partition coefficient (Wildman–Crippen LogP) is 2.25. The quantitative estimate of drug-likeness (QED) is 0.792. The molecule has 0 aromatic carbocycles.